The summed E-state index contributed by atoms with van der Waals surface area (Å²) in [7, 11) is 0. The van der Waals surface area contributed by atoms with E-state index >= 15 is 0 Å². The zero-order valence-electron chi connectivity index (χ0n) is 9.20. The Morgan fingerprint density at radius 1 is 1.19 bits per heavy atom. The molecule has 1 amide bonds. The fourth-order valence-corrected chi connectivity index (χ4v) is 2.68. The van der Waals surface area contributed by atoms with E-state index in [4.69, 9.17) is 5.73 Å². The van der Waals surface area contributed by atoms with Crippen LogP contribution in [0.3, 0.4) is 0 Å². The first kappa shape index (κ1) is 9.64. The molecule has 0 aliphatic heterocycles. The Labute approximate surface area is 95.2 Å². The summed E-state index contributed by atoms with van der Waals surface area (Å²) < 4.78 is 0. The van der Waals surface area contributed by atoms with Gasteiger partial charge in [0, 0.05) is 5.57 Å². The summed E-state index contributed by atoms with van der Waals surface area (Å²) in [6.45, 7) is 0. The average molecular weight is 213 g/mol. The number of carbonyl (C=O) groups is 1. The standard InChI is InChI=1S/C14H15NO/c15-14(16)13(10-5-6-10)12-8-7-9-3-1-2-4-11(9)12/h1-4,10H,5-8H2,(H2,15,16)/b13-12+. The van der Waals surface area contributed by atoms with Gasteiger partial charge in [-0.1, -0.05) is 24.3 Å². The van der Waals surface area contributed by atoms with Gasteiger partial charge in [-0.25, -0.2) is 0 Å². The second kappa shape index (κ2) is 3.48. The zero-order chi connectivity index (χ0) is 11.1. The lowest BCUT2D eigenvalue weighted by molar-refractivity contribution is -0.114. The zero-order valence-corrected chi connectivity index (χ0v) is 9.20. The van der Waals surface area contributed by atoms with Gasteiger partial charge >= 0.3 is 0 Å². The highest BCUT2D eigenvalue weighted by Gasteiger charge is 2.33. The number of allylic oxidation sites excluding steroid dienone is 1. The van der Waals surface area contributed by atoms with Crippen LogP contribution in [-0.2, 0) is 11.2 Å². The average Bonchev–Trinajstić information content (AvgIpc) is 3.00. The van der Waals surface area contributed by atoms with E-state index in [0.717, 1.165) is 31.3 Å². The number of nitrogens with two attached hydrogens (primary N) is 1. The third-order valence-electron chi connectivity index (χ3n) is 3.56. The van der Waals surface area contributed by atoms with Gasteiger partial charge in [0.2, 0.25) is 5.91 Å². The number of aryl methyl sites for hydroxylation is 1. The number of fused-ring (bicyclic) bond motifs is 1. The monoisotopic (exact) mass is 213 g/mol. The first-order valence-corrected chi connectivity index (χ1v) is 5.88. The smallest absolute Gasteiger partial charge is 0.245 e. The molecule has 1 aromatic rings. The van der Waals surface area contributed by atoms with E-state index in [2.05, 4.69) is 18.2 Å². The quantitative estimate of drug-likeness (QED) is 0.752. The summed E-state index contributed by atoms with van der Waals surface area (Å²) in [6.07, 6.45) is 4.29. The van der Waals surface area contributed by atoms with Crippen molar-refractivity contribution in [2.45, 2.75) is 25.7 Å². The highest BCUT2D eigenvalue weighted by Crippen LogP contribution is 2.44. The topological polar surface area (TPSA) is 43.1 Å². The van der Waals surface area contributed by atoms with E-state index in [9.17, 15) is 4.79 Å². The van der Waals surface area contributed by atoms with Gasteiger partial charge in [-0.3, -0.25) is 4.79 Å². The van der Waals surface area contributed by atoms with Crippen LogP contribution in [0.1, 0.15) is 30.4 Å². The van der Waals surface area contributed by atoms with Gasteiger partial charge in [0.1, 0.15) is 0 Å². The predicted molar refractivity (Wildman–Crippen MR) is 63.6 cm³/mol. The lowest BCUT2D eigenvalue weighted by atomic mass is 9.98. The second-order valence-corrected chi connectivity index (χ2v) is 4.69. The SMILES string of the molecule is NC(=O)/C(=C1\CCc2ccccc21)C1CC1. The Balaban J connectivity index is 2.13. The number of hydrogen-bond donors (Lipinski definition) is 1. The van der Waals surface area contributed by atoms with Gasteiger partial charge in [0.05, 0.1) is 0 Å². The van der Waals surface area contributed by atoms with Crippen LogP contribution in [0.4, 0.5) is 0 Å². The van der Waals surface area contributed by atoms with Crippen molar-refractivity contribution in [2.75, 3.05) is 0 Å². The van der Waals surface area contributed by atoms with Crippen LogP contribution < -0.4 is 5.73 Å². The summed E-state index contributed by atoms with van der Waals surface area (Å²) in [5.74, 6) is 0.229. The van der Waals surface area contributed by atoms with Crippen LogP contribution in [0, 0.1) is 5.92 Å². The molecule has 2 N–H and O–H groups in total. The molecule has 1 aromatic carbocycles. The molecule has 2 aliphatic rings. The van der Waals surface area contributed by atoms with Crippen molar-refractivity contribution in [3.63, 3.8) is 0 Å². The second-order valence-electron chi connectivity index (χ2n) is 4.69. The predicted octanol–water partition coefficient (Wildman–Crippen LogP) is 2.28. The Morgan fingerprint density at radius 3 is 2.62 bits per heavy atom. The Morgan fingerprint density at radius 2 is 1.94 bits per heavy atom. The van der Waals surface area contributed by atoms with Gasteiger partial charge in [0.15, 0.2) is 0 Å². The Bertz CT molecular complexity index is 483. The van der Waals surface area contributed by atoms with E-state index in [1.165, 1.54) is 16.7 Å². The summed E-state index contributed by atoms with van der Waals surface area (Å²) in [5.41, 5.74) is 10.2. The van der Waals surface area contributed by atoms with Crippen molar-refractivity contribution < 1.29 is 4.79 Å². The molecular weight excluding hydrogens is 198 g/mol. The molecule has 0 saturated heterocycles. The van der Waals surface area contributed by atoms with Gasteiger partial charge < -0.3 is 5.73 Å². The lowest BCUT2D eigenvalue weighted by Crippen LogP contribution is -2.16. The fraction of sp³-hybridized carbons (Fsp3) is 0.357. The largest absolute Gasteiger partial charge is 0.366 e. The molecule has 0 aromatic heterocycles. The molecule has 0 spiro atoms. The Hall–Kier alpha value is -1.57. The third kappa shape index (κ3) is 1.45. The molecule has 2 aliphatic carbocycles. The van der Waals surface area contributed by atoms with E-state index in [-0.39, 0.29) is 5.91 Å². The van der Waals surface area contributed by atoms with E-state index in [1.54, 1.807) is 0 Å². The minimum Gasteiger partial charge on any atom is -0.366 e. The van der Waals surface area contributed by atoms with Gasteiger partial charge in [-0.15, -0.1) is 0 Å². The van der Waals surface area contributed by atoms with Crippen molar-refractivity contribution in [1.82, 2.24) is 0 Å². The highest BCUT2D eigenvalue weighted by molar-refractivity contribution is 6.02. The van der Waals surface area contributed by atoms with Crippen LogP contribution in [0.5, 0.6) is 0 Å². The maximum Gasteiger partial charge on any atom is 0.245 e. The molecule has 16 heavy (non-hydrogen) atoms. The van der Waals surface area contributed by atoms with Crippen LogP contribution >= 0.6 is 0 Å². The number of amides is 1. The van der Waals surface area contributed by atoms with Gasteiger partial charge in [-0.05, 0) is 48.3 Å². The normalized spacial score (nSPS) is 21.8. The van der Waals surface area contributed by atoms with Crippen molar-refractivity contribution in [1.29, 1.82) is 0 Å². The first-order valence-electron chi connectivity index (χ1n) is 5.88. The van der Waals surface area contributed by atoms with Crippen molar-refractivity contribution in [3.05, 3.63) is 41.0 Å². The van der Waals surface area contributed by atoms with E-state index in [0.29, 0.717) is 5.92 Å². The maximum atomic E-state index is 11.5. The number of rotatable bonds is 2. The van der Waals surface area contributed by atoms with E-state index < -0.39 is 0 Å². The van der Waals surface area contributed by atoms with Crippen molar-refractivity contribution in [2.24, 2.45) is 11.7 Å². The van der Waals surface area contributed by atoms with Crippen LogP contribution in [0.25, 0.3) is 5.57 Å². The summed E-state index contributed by atoms with van der Waals surface area (Å²) in [4.78, 5) is 11.5. The highest BCUT2D eigenvalue weighted by atomic mass is 16.1. The van der Waals surface area contributed by atoms with Gasteiger partial charge in [0.25, 0.3) is 0 Å². The molecular formula is C14H15NO. The van der Waals surface area contributed by atoms with Crippen molar-refractivity contribution in [3.8, 4) is 0 Å². The van der Waals surface area contributed by atoms with Crippen LogP contribution in [0.2, 0.25) is 0 Å². The minimum absolute atomic E-state index is 0.214. The molecule has 3 rings (SSSR count). The molecule has 0 atom stereocenters. The van der Waals surface area contributed by atoms with E-state index in [1.807, 2.05) is 6.07 Å². The first-order chi connectivity index (χ1) is 7.77. The molecule has 2 heteroatoms. The van der Waals surface area contributed by atoms with Gasteiger partial charge in [-0.2, -0.15) is 0 Å². The number of carbonyl (C=O) groups excluding carboxylic acids is 1. The molecule has 2 nitrogen and oxygen atoms in total. The summed E-state index contributed by atoms with van der Waals surface area (Å²) in [5, 5.41) is 0. The number of primary amides is 1. The molecule has 0 radical (unpaired) electrons. The lowest BCUT2D eigenvalue weighted by Gasteiger charge is -2.07. The molecule has 0 unspecified atom stereocenters. The summed E-state index contributed by atoms with van der Waals surface area (Å²) >= 11 is 0. The molecule has 1 fully saturated rings. The molecule has 0 bridgehead atoms. The molecule has 0 heterocycles. The molecule has 82 valence electrons. The van der Waals surface area contributed by atoms with Crippen LogP contribution in [-0.4, -0.2) is 5.91 Å². The molecule has 1 saturated carbocycles. The minimum atomic E-state index is -0.214. The number of hydrogen-bond acceptors (Lipinski definition) is 1. The van der Waals surface area contributed by atoms with Crippen molar-refractivity contribution >= 4 is 11.5 Å². The number of benzene rings is 1. The maximum absolute atomic E-state index is 11.5. The van der Waals surface area contributed by atoms with Crippen LogP contribution in [0.15, 0.2) is 29.8 Å². The Kier molecular flexibility index (Phi) is 2.10. The summed E-state index contributed by atoms with van der Waals surface area (Å²) in [6, 6.07) is 8.36. The third-order valence-corrected chi connectivity index (χ3v) is 3.56. The fourth-order valence-electron chi connectivity index (χ4n) is 2.68.